The lowest BCUT2D eigenvalue weighted by atomic mass is 10.1. The first-order valence-electron chi connectivity index (χ1n) is 4.79. The van der Waals surface area contributed by atoms with Gasteiger partial charge in [0.15, 0.2) is 5.01 Å². The third-order valence-corrected chi connectivity index (χ3v) is 3.45. The monoisotopic (exact) mass is 252 g/mol. The van der Waals surface area contributed by atoms with Gasteiger partial charge in [-0.05, 0) is 6.42 Å². The number of halogens is 3. The van der Waals surface area contributed by atoms with E-state index >= 15 is 0 Å². The van der Waals surface area contributed by atoms with Crippen LogP contribution in [0.25, 0.3) is 0 Å². The van der Waals surface area contributed by atoms with Crippen LogP contribution in [0.2, 0.25) is 0 Å². The summed E-state index contributed by atoms with van der Waals surface area (Å²) in [6.45, 7) is 0.653. The lowest BCUT2D eigenvalue weighted by molar-refractivity contribution is -0.137. The largest absolute Gasteiger partial charge is 0.443 e. The third kappa shape index (κ3) is 2.36. The summed E-state index contributed by atoms with van der Waals surface area (Å²) in [6.07, 6.45) is -3.62. The molecule has 0 amide bonds. The van der Waals surface area contributed by atoms with Crippen molar-refractivity contribution in [2.75, 3.05) is 13.7 Å². The Morgan fingerprint density at radius 3 is 2.81 bits per heavy atom. The van der Waals surface area contributed by atoms with Crippen LogP contribution >= 0.6 is 11.3 Å². The van der Waals surface area contributed by atoms with E-state index in [4.69, 9.17) is 4.74 Å². The molecule has 3 nitrogen and oxygen atoms in total. The molecule has 1 aliphatic rings. The molecule has 2 atom stereocenters. The lowest BCUT2D eigenvalue weighted by Gasteiger charge is -2.06. The van der Waals surface area contributed by atoms with Crippen LogP contribution in [0, 0.1) is 0 Å². The summed E-state index contributed by atoms with van der Waals surface area (Å²) in [6, 6.07) is -0.128. The van der Waals surface area contributed by atoms with Gasteiger partial charge in [-0.1, -0.05) is 0 Å². The average molecular weight is 252 g/mol. The normalized spacial score (nSPS) is 26.2. The van der Waals surface area contributed by atoms with Crippen LogP contribution in [0.1, 0.15) is 23.2 Å². The van der Waals surface area contributed by atoms with E-state index in [0.717, 1.165) is 0 Å². The Bertz CT molecular complexity index is 366. The van der Waals surface area contributed by atoms with E-state index in [9.17, 15) is 13.2 Å². The van der Waals surface area contributed by atoms with Gasteiger partial charge in [0.2, 0.25) is 0 Å². The van der Waals surface area contributed by atoms with Crippen molar-refractivity contribution >= 4 is 11.3 Å². The standard InChI is InChI=1S/C9H11F3N2OS/c1-15-5-2-6(13-3-5)7-4-16-8(14-7)9(10,11)12/h4-6,13H,2-3H2,1H3. The minimum Gasteiger partial charge on any atom is -0.380 e. The fraction of sp³-hybridized carbons (Fsp3) is 0.667. The van der Waals surface area contributed by atoms with E-state index in [1.54, 1.807) is 7.11 Å². The van der Waals surface area contributed by atoms with Gasteiger partial charge in [-0.15, -0.1) is 11.3 Å². The Hall–Kier alpha value is -0.660. The molecule has 0 aromatic carbocycles. The molecular weight excluding hydrogens is 241 g/mol. The van der Waals surface area contributed by atoms with Crippen LogP contribution in [0.15, 0.2) is 5.38 Å². The summed E-state index contributed by atoms with van der Waals surface area (Å²) < 4.78 is 42.1. The number of nitrogens with zero attached hydrogens (tertiary/aromatic N) is 1. The molecule has 1 aromatic heterocycles. The predicted molar refractivity (Wildman–Crippen MR) is 53.3 cm³/mol. The number of hydrogen-bond acceptors (Lipinski definition) is 4. The van der Waals surface area contributed by atoms with Gasteiger partial charge in [-0.2, -0.15) is 13.2 Å². The van der Waals surface area contributed by atoms with Crippen molar-refractivity contribution in [2.45, 2.75) is 24.7 Å². The van der Waals surface area contributed by atoms with Crippen LogP contribution < -0.4 is 5.32 Å². The molecule has 1 aromatic rings. The molecule has 0 bridgehead atoms. The molecule has 1 aliphatic heterocycles. The Labute approximate surface area is 94.6 Å². The number of hydrogen-bond donors (Lipinski definition) is 1. The zero-order valence-corrected chi connectivity index (χ0v) is 9.36. The van der Waals surface area contributed by atoms with E-state index < -0.39 is 11.2 Å². The fourth-order valence-corrected chi connectivity index (χ4v) is 2.43. The second kappa shape index (κ2) is 4.31. The van der Waals surface area contributed by atoms with E-state index in [2.05, 4.69) is 10.3 Å². The average Bonchev–Trinajstić information content (AvgIpc) is 2.85. The first kappa shape index (κ1) is 11.8. The summed E-state index contributed by atoms with van der Waals surface area (Å²) in [7, 11) is 1.59. The highest BCUT2D eigenvalue weighted by Crippen LogP contribution is 2.34. The van der Waals surface area contributed by atoms with Crippen molar-refractivity contribution in [2.24, 2.45) is 0 Å². The molecule has 16 heavy (non-hydrogen) atoms. The molecule has 2 unspecified atom stereocenters. The molecule has 0 radical (unpaired) electrons. The van der Waals surface area contributed by atoms with Gasteiger partial charge in [0, 0.05) is 19.0 Å². The number of rotatable bonds is 2. The Morgan fingerprint density at radius 1 is 1.56 bits per heavy atom. The molecule has 7 heteroatoms. The molecule has 0 saturated carbocycles. The van der Waals surface area contributed by atoms with Crippen LogP contribution in [-0.2, 0) is 10.9 Å². The van der Waals surface area contributed by atoms with Gasteiger partial charge in [-0.3, -0.25) is 0 Å². The Kier molecular flexibility index (Phi) is 3.18. The smallest absolute Gasteiger partial charge is 0.380 e. The maximum atomic E-state index is 12.3. The zero-order chi connectivity index (χ0) is 11.8. The highest BCUT2D eigenvalue weighted by Gasteiger charge is 2.36. The molecule has 0 spiro atoms. The van der Waals surface area contributed by atoms with Crippen LogP contribution in [0.3, 0.4) is 0 Å². The van der Waals surface area contributed by atoms with Gasteiger partial charge in [0.1, 0.15) is 0 Å². The van der Waals surface area contributed by atoms with Crippen molar-refractivity contribution in [1.29, 1.82) is 0 Å². The van der Waals surface area contributed by atoms with Crippen LogP contribution in [0.5, 0.6) is 0 Å². The highest BCUT2D eigenvalue weighted by atomic mass is 32.1. The molecular formula is C9H11F3N2OS. The van der Waals surface area contributed by atoms with Gasteiger partial charge in [0.25, 0.3) is 0 Å². The van der Waals surface area contributed by atoms with Gasteiger partial charge in [0.05, 0.1) is 17.8 Å². The summed E-state index contributed by atoms with van der Waals surface area (Å²) in [5, 5.41) is 3.76. The molecule has 1 N–H and O–H groups in total. The summed E-state index contributed by atoms with van der Waals surface area (Å²) in [5.74, 6) is 0. The summed E-state index contributed by atoms with van der Waals surface area (Å²) in [4.78, 5) is 3.61. The topological polar surface area (TPSA) is 34.1 Å². The fourth-order valence-electron chi connectivity index (χ4n) is 1.68. The minimum absolute atomic E-state index is 0.0565. The summed E-state index contributed by atoms with van der Waals surface area (Å²) in [5.41, 5.74) is 0.455. The number of nitrogens with one attached hydrogen (secondary N) is 1. The first-order chi connectivity index (χ1) is 7.50. The number of ether oxygens (including phenoxy) is 1. The maximum absolute atomic E-state index is 12.3. The van der Waals surface area contributed by atoms with Crippen molar-refractivity contribution in [3.05, 3.63) is 16.1 Å². The van der Waals surface area contributed by atoms with Gasteiger partial charge in [-0.25, -0.2) is 4.98 Å². The molecule has 90 valence electrons. The van der Waals surface area contributed by atoms with Gasteiger partial charge >= 0.3 is 6.18 Å². The third-order valence-electron chi connectivity index (χ3n) is 2.55. The Balaban J connectivity index is 2.08. The summed E-state index contributed by atoms with van der Waals surface area (Å²) >= 11 is 0.635. The number of methoxy groups -OCH3 is 1. The minimum atomic E-state index is -4.35. The van der Waals surface area contributed by atoms with Crippen LogP contribution in [-0.4, -0.2) is 24.7 Å². The lowest BCUT2D eigenvalue weighted by Crippen LogP contribution is -2.16. The second-order valence-corrected chi connectivity index (χ2v) is 4.49. The molecule has 2 heterocycles. The molecule has 1 fully saturated rings. The first-order valence-corrected chi connectivity index (χ1v) is 5.67. The maximum Gasteiger partial charge on any atom is 0.443 e. The van der Waals surface area contributed by atoms with E-state index in [0.29, 0.717) is 30.0 Å². The molecule has 0 aliphatic carbocycles. The van der Waals surface area contributed by atoms with Crippen molar-refractivity contribution in [3.8, 4) is 0 Å². The zero-order valence-electron chi connectivity index (χ0n) is 8.54. The second-order valence-electron chi connectivity index (χ2n) is 3.63. The van der Waals surface area contributed by atoms with E-state index in [-0.39, 0.29) is 12.1 Å². The molecule has 1 saturated heterocycles. The highest BCUT2D eigenvalue weighted by molar-refractivity contribution is 7.09. The van der Waals surface area contributed by atoms with Gasteiger partial charge < -0.3 is 10.1 Å². The van der Waals surface area contributed by atoms with Crippen molar-refractivity contribution in [3.63, 3.8) is 0 Å². The molecule has 2 rings (SSSR count). The van der Waals surface area contributed by atoms with Crippen LogP contribution in [0.4, 0.5) is 13.2 Å². The Morgan fingerprint density at radius 2 is 2.31 bits per heavy atom. The van der Waals surface area contributed by atoms with Crippen molar-refractivity contribution < 1.29 is 17.9 Å². The van der Waals surface area contributed by atoms with E-state index in [1.807, 2.05) is 0 Å². The number of aromatic nitrogens is 1. The number of alkyl halides is 3. The van der Waals surface area contributed by atoms with E-state index in [1.165, 1.54) is 5.38 Å². The van der Waals surface area contributed by atoms with Crippen molar-refractivity contribution in [1.82, 2.24) is 10.3 Å². The quantitative estimate of drug-likeness (QED) is 0.876. The predicted octanol–water partition coefficient (Wildman–Crippen LogP) is 2.21. The number of thiazole rings is 1. The SMILES string of the molecule is COC1CNC(c2csc(C(F)(F)F)n2)C1.